The minimum atomic E-state index is 0.117. The van der Waals surface area contributed by atoms with Crippen molar-refractivity contribution in [1.29, 1.82) is 0 Å². The largest absolute Gasteiger partial charge is 0.337 e. The van der Waals surface area contributed by atoms with Gasteiger partial charge in [0.15, 0.2) is 0 Å². The predicted octanol–water partition coefficient (Wildman–Crippen LogP) is 3.24. The smallest absolute Gasteiger partial charge is 0.204 e. The third kappa shape index (κ3) is 1.15. The molecule has 2 nitrogen and oxygen atoms in total. The fourth-order valence-electron chi connectivity index (χ4n) is 2.21. The van der Waals surface area contributed by atoms with Crippen LogP contribution in [0.5, 0.6) is 0 Å². The molecule has 2 heterocycles. The Balaban J connectivity index is 2.70. The van der Waals surface area contributed by atoms with Gasteiger partial charge in [0.25, 0.3) is 0 Å². The average Bonchev–Trinajstić information content (AvgIpc) is 2.65. The molecule has 0 saturated heterocycles. The summed E-state index contributed by atoms with van der Waals surface area (Å²) in [7, 11) is 0. The van der Waals surface area contributed by atoms with E-state index in [0.717, 1.165) is 22.3 Å². The summed E-state index contributed by atoms with van der Waals surface area (Å²) in [5.74, 6) is 0. The zero-order valence-electron chi connectivity index (χ0n) is 8.93. The van der Waals surface area contributed by atoms with Gasteiger partial charge in [0.2, 0.25) is 5.43 Å². The van der Waals surface area contributed by atoms with Crippen molar-refractivity contribution in [3.05, 3.63) is 45.9 Å². The summed E-state index contributed by atoms with van der Waals surface area (Å²) < 4.78 is 3.20. The number of rotatable bonds is 1. The number of para-hydroxylation sites is 1. The molecule has 0 spiro atoms. The molecule has 0 bridgehead atoms. The maximum atomic E-state index is 11.9. The van der Waals surface area contributed by atoms with Gasteiger partial charge in [-0.2, -0.15) is 0 Å². The minimum absolute atomic E-state index is 0.117. The molecule has 1 aromatic carbocycles. The predicted molar refractivity (Wildman–Crippen MR) is 69.3 cm³/mol. The summed E-state index contributed by atoms with van der Waals surface area (Å²) in [6.07, 6.45) is 0. The van der Waals surface area contributed by atoms with Crippen LogP contribution in [0.3, 0.4) is 0 Å². The molecule has 0 N–H and O–H groups in total. The van der Waals surface area contributed by atoms with E-state index in [1.807, 2.05) is 17.5 Å². The molecule has 0 saturated carbocycles. The van der Waals surface area contributed by atoms with E-state index in [1.54, 1.807) is 17.4 Å². The zero-order valence-corrected chi connectivity index (χ0v) is 9.75. The molecule has 2 aromatic heterocycles. The van der Waals surface area contributed by atoms with E-state index in [9.17, 15) is 4.79 Å². The van der Waals surface area contributed by atoms with Gasteiger partial charge in [0.1, 0.15) is 5.52 Å². The van der Waals surface area contributed by atoms with Gasteiger partial charge >= 0.3 is 0 Å². The molecule has 80 valence electrons. The number of aromatic nitrogens is 1. The van der Waals surface area contributed by atoms with Crippen LogP contribution in [0.2, 0.25) is 0 Å². The third-order valence-corrected chi connectivity index (χ3v) is 3.80. The Morgan fingerprint density at radius 1 is 1.25 bits per heavy atom. The maximum absolute atomic E-state index is 11.9. The molecule has 0 amide bonds. The van der Waals surface area contributed by atoms with Gasteiger partial charge in [0.05, 0.1) is 10.2 Å². The first-order valence-corrected chi connectivity index (χ1v) is 6.19. The Morgan fingerprint density at radius 3 is 2.88 bits per heavy atom. The number of aryl methyl sites for hydroxylation is 1. The second-order valence-electron chi connectivity index (χ2n) is 3.72. The van der Waals surface area contributed by atoms with Crippen LogP contribution < -0.4 is 5.43 Å². The van der Waals surface area contributed by atoms with Gasteiger partial charge in [0, 0.05) is 11.9 Å². The summed E-state index contributed by atoms with van der Waals surface area (Å²) in [6, 6.07) is 9.84. The maximum Gasteiger partial charge on any atom is 0.204 e. The van der Waals surface area contributed by atoms with Crippen molar-refractivity contribution in [3.63, 3.8) is 0 Å². The van der Waals surface area contributed by atoms with E-state index >= 15 is 0 Å². The Bertz CT molecular complexity index is 723. The first-order valence-electron chi connectivity index (χ1n) is 5.31. The second kappa shape index (κ2) is 3.46. The van der Waals surface area contributed by atoms with Crippen LogP contribution in [0.25, 0.3) is 21.1 Å². The highest BCUT2D eigenvalue weighted by atomic mass is 32.1. The lowest BCUT2D eigenvalue weighted by Crippen LogP contribution is -2.04. The average molecular weight is 229 g/mol. The number of hydrogen-bond acceptors (Lipinski definition) is 2. The summed E-state index contributed by atoms with van der Waals surface area (Å²) in [6.45, 7) is 2.90. The van der Waals surface area contributed by atoms with Crippen molar-refractivity contribution in [3.8, 4) is 0 Å². The number of nitrogens with zero attached hydrogens (tertiary/aromatic N) is 1. The zero-order chi connectivity index (χ0) is 11.1. The molecular weight excluding hydrogens is 218 g/mol. The molecule has 0 aliphatic heterocycles. The highest BCUT2D eigenvalue weighted by Gasteiger charge is 2.11. The first-order chi connectivity index (χ1) is 7.83. The molecule has 0 aliphatic rings. The van der Waals surface area contributed by atoms with Crippen molar-refractivity contribution < 1.29 is 0 Å². The first kappa shape index (κ1) is 9.60. The topological polar surface area (TPSA) is 22.0 Å². The molecule has 0 unspecified atom stereocenters. The summed E-state index contributed by atoms with van der Waals surface area (Å²) in [5, 5.41) is 3.05. The Morgan fingerprint density at radius 2 is 2.06 bits per heavy atom. The highest BCUT2D eigenvalue weighted by molar-refractivity contribution is 7.17. The lowest BCUT2D eigenvalue weighted by Gasteiger charge is -2.00. The normalized spacial score (nSPS) is 11.3. The molecule has 0 aliphatic carbocycles. The summed E-state index contributed by atoms with van der Waals surface area (Å²) >= 11 is 1.64. The molecule has 3 heteroatoms. The van der Waals surface area contributed by atoms with Crippen molar-refractivity contribution >= 4 is 32.5 Å². The molecular formula is C13H11NOS. The fourth-order valence-corrected chi connectivity index (χ4v) is 3.16. The van der Waals surface area contributed by atoms with Crippen LogP contribution in [0.1, 0.15) is 6.92 Å². The lowest BCUT2D eigenvalue weighted by atomic mass is 10.2. The van der Waals surface area contributed by atoms with Crippen LogP contribution in [0.15, 0.2) is 40.5 Å². The van der Waals surface area contributed by atoms with Crippen LogP contribution in [-0.2, 0) is 6.54 Å². The SMILES string of the molecule is CCn1c2ccccc2c2sccc(=O)c21. The van der Waals surface area contributed by atoms with Crippen LogP contribution >= 0.6 is 11.3 Å². The van der Waals surface area contributed by atoms with E-state index in [0.29, 0.717) is 0 Å². The Kier molecular flexibility index (Phi) is 2.07. The number of benzene rings is 1. The van der Waals surface area contributed by atoms with Crippen LogP contribution in [0, 0.1) is 0 Å². The van der Waals surface area contributed by atoms with E-state index in [1.165, 1.54) is 5.39 Å². The van der Waals surface area contributed by atoms with Gasteiger partial charge < -0.3 is 4.57 Å². The molecule has 0 atom stereocenters. The highest BCUT2D eigenvalue weighted by Crippen LogP contribution is 2.29. The summed E-state index contributed by atoms with van der Waals surface area (Å²) in [5.41, 5.74) is 2.11. The van der Waals surface area contributed by atoms with Crippen molar-refractivity contribution in [2.75, 3.05) is 0 Å². The lowest BCUT2D eigenvalue weighted by molar-refractivity contribution is 0.825. The molecule has 0 radical (unpaired) electrons. The Hall–Kier alpha value is -1.61. The van der Waals surface area contributed by atoms with E-state index in [4.69, 9.17) is 0 Å². The minimum Gasteiger partial charge on any atom is -0.337 e. The van der Waals surface area contributed by atoms with E-state index in [-0.39, 0.29) is 5.43 Å². The van der Waals surface area contributed by atoms with Gasteiger partial charge in [-0.25, -0.2) is 0 Å². The fraction of sp³-hybridized carbons (Fsp3) is 0.154. The van der Waals surface area contributed by atoms with Crippen LogP contribution in [0.4, 0.5) is 0 Å². The van der Waals surface area contributed by atoms with Gasteiger partial charge in [-0.1, -0.05) is 18.2 Å². The monoisotopic (exact) mass is 229 g/mol. The quantitative estimate of drug-likeness (QED) is 0.628. The second-order valence-corrected chi connectivity index (χ2v) is 4.64. The molecule has 0 fully saturated rings. The third-order valence-electron chi connectivity index (χ3n) is 2.88. The molecule has 3 aromatic rings. The van der Waals surface area contributed by atoms with Crippen LogP contribution in [-0.4, -0.2) is 4.57 Å². The molecule has 16 heavy (non-hydrogen) atoms. The van der Waals surface area contributed by atoms with E-state index < -0.39 is 0 Å². The van der Waals surface area contributed by atoms with E-state index in [2.05, 4.69) is 23.6 Å². The standard InChI is InChI=1S/C13H11NOS/c1-2-14-10-6-4-3-5-9(10)13-12(14)11(15)7-8-16-13/h3-8H,2H2,1H3. The summed E-state index contributed by atoms with van der Waals surface area (Å²) in [4.78, 5) is 11.9. The Labute approximate surface area is 96.8 Å². The van der Waals surface area contributed by atoms with Gasteiger partial charge in [-0.05, 0) is 24.4 Å². The van der Waals surface area contributed by atoms with Gasteiger partial charge in [-0.15, -0.1) is 11.3 Å². The molecule has 3 rings (SSSR count). The number of fused-ring (bicyclic) bond motifs is 3. The van der Waals surface area contributed by atoms with Crippen molar-refractivity contribution in [2.45, 2.75) is 13.5 Å². The van der Waals surface area contributed by atoms with Crippen molar-refractivity contribution in [1.82, 2.24) is 4.57 Å². The number of hydrogen-bond donors (Lipinski definition) is 0. The van der Waals surface area contributed by atoms with Gasteiger partial charge in [-0.3, -0.25) is 4.79 Å². The van der Waals surface area contributed by atoms with Crippen molar-refractivity contribution in [2.24, 2.45) is 0 Å².